The van der Waals surface area contributed by atoms with Gasteiger partial charge < -0.3 is 0 Å². The maximum absolute atomic E-state index is 4.89. The summed E-state index contributed by atoms with van der Waals surface area (Å²) in [6.45, 7) is 9.05. The predicted molar refractivity (Wildman–Crippen MR) is 235 cm³/mol. The highest BCUT2D eigenvalue weighted by Gasteiger charge is 2.22. The van der Waals surface area contributed by atoms with E-state index in [2.05, 4.69) is 158 Å². The van der Waals surface area contributed by atoms with E-state index in [0.29, 0.717) is 0 Å². The summed E-state index contributed by atoms with van der Waals surface area (Å²) < 4.78 is 8.45. The quantitative estimate of drug-likeness (QED) is 0.170. The molecule has 58 heavy (non-hydrogen) atoms. The summed E-state index contributed by atoms with van der Waals surface area (Å²) >= 11 is 0. The zero-order valence-electron chi connectivity index (χ0n) is 32.6. The molecule has 8 nitrogen and oxygen atoms in total. The van der Waals surface area contributed by atoms with Gasteiger partial charge >= 0.3 is 0 Å². The first-order valence-corrected chi connectivity index (χ1v) is 19.5. The summed E-state index contributed by atoms with van der Waals surface area (Å²) in [5.41, 5.74) is 19.8. The number of imidazole rings is 2. The molecule has 0 amide bonds. The highest BCUT2D eigenvalue weighted by molar-refractivity contribution is 5.88. The Balaban J connectivity index is 1.13. The second-order valence-corrected chi connectivity index (χ2v) is 15.2. The van der Waals surface area contributed by atoms with E-state index < -0.39 is 0 Å². The molecule has 7 aromatic carbocycles. The van der Waals surface area contributed by atoms with Crippen LogP contribution in [0.4, 0.5) is 0 Å². The molecule has 8 heteroatoms. The number of fused-ring (bicyclic) bond motifs is 4. The van der Waals surface area contributed by atoms with Crippen molar-refractivity contribution in [2.75, 3.05) is 0 Å². The molecule has 0 saturated heterocycles. The maximum atomic E-state index is 4.89. The van der Waals surface area contributed by atoms with Crippen molar-refractivity contribution < 1.29 is 0 Å². The Bertz CT molecular complexity index is 2970. The molecule has 0 bridgehead atoms. The second-order valence-electron chi connectivity index (χ2n) is 15.2. The fraction of sp³-hybridized carbons (Fsp3) is 0.0800. The lowest BCUT2D eigenvalue weighted by atomic mass is 9.83. The number of nitrogens with zero attached hydrogens (tertiary/aromatic N) is 8. The van der Waals surface area contributed by atoms with Gasteiger partial charge in [-0.15, -0.1) is 0 Å². The molecule has 0 radical (unpaired) electrons. The van der Waals surface area contributed by atoms with Crippen molar-refractivity contribution in [1.29, 1.82) is 0 Å². The van der Waals surface area contributed by atoms with Crippen molar-refractivity contribution in [1.82, 2.24) is 38.7 Å². The van der Waals surface area contributed by atoms with Crippen LogP contribution in [0.25, 0.3) is 88.9 Å². The van der Waals surface area contributed by atoms with Gasteiger partial charge in [-0.2, -0.15) is 10.2 Å². The van der Waals surface area contributed by atoms with Crippen LogP contribution in [-0.4, -0.2) is 38.7 Å². The predicted octanol–water partition coefficient (Wildman–Crippen LogP) is 11.6. The standard InChI is InChI=1S/C50H38N8/c1-31-33(3)50(38-23-41(57-45-17-9-5-13-35(45)27-53-57)26-42(24-38)58-46-18-10-6-14-36(46)28-54-58)34(4)32(2)49(31)37-21-39(55-29-51-43-15-7-11-19-47(43)55)25-40(22-37)56-30-52-44-16-8-12-20-48(44)56/h5-30H,1-4H3. The zero-order chi connectivity index (χ0) is 39.1. The fourth-order valence-electron chi connectivity index (χ4n) is 8.87. The minimum atomic E-state index is 0.957. The van der Waals surface area contributed by atoms with Gasteiger partial charge in [0, 0.05) is 22.1 Å². The van der Waals surface area contributed by atoms with E-state index in [9.17, 15) is 0 Å². The lowest BCUT2D eigenvalue weighted by Crippen LogP contribution is -2.05. The van der Waals surface area contributed by atoms with E-state index >= 15 is 0 Å². The molecule has 4 aromatic heterocycles. The zero-order valence-corrected chi connectivity index (χ0v) is 32.6. The van der Waals surface area contributed by atoms with Crippen LogP contribution in [0.1, 0.15) is 22.3 Å². The number of para-hydroxylation sites is 6. The fourth-order valence-corrected chi connectivity index (χ4v) is 8.87. The van der Waals surface area contributed by atoms with Gasteiger partial charge in [-0.05, 0) is 145 Å². The van der Waals surface area contributed by atoms with Crippen LogP contribution in [0, 0.1) is 27.7 Å². The number of aromatic nitrogens is 8. The molecule has 11 rings (SSSR count). The van der Waals surface area contributed by atoms with Crippen LogP contribution in [-0.2, 0) is 0 Å². The van der Waals surface area contributed by atoms with E-state index in [1.807, 2.05) is 46.5 Å². The number of benzene rings is 7. The summed E-state index contributed by atoms with van der Waals surface area (Å²) in [6.07, 6.45) is 7.72. The lowest BCUT2D eigenvalue weighted by Gasteiger charge is -2.23. The first kappa shape index (κ1) is 33.7. The SMILES string of the molecule is Cc1c(C)c(-c2cc(-n3ncc4ccccc43)cc(-n3ncc4ccccc43)c2)c(C)c(C)c1-c1cc(-n2cnc3ccccc32)cc(-n2cnc3ccccc32)c1. The van der Waals surface area contributed by atoms with Crippen LogP contribution < -0.4 is 0 Å². The van der Waals surface area contributed by atoms with Crippen molar-refractivity contribution in [3.63, 3.8) is 0 Å². The Morgan fingerprint density at radius 3 is 1.19 bits per heavy atom. The van der Waals surface area contributed by atoms with Gasteiger partial charge in [-0.25, -0.2) is 19.3 Å². The van der Waals surface area contributed by atoms with Crippen LogP contribution in [0.5, 0.6) is 0 Å². The highest BCUT2D eigenvalue weighted by Crippen LogP contribution is 2.42. The largest absolute Gasteiger partial charge is 0.299 e. The number of rotatable bonds is 6. The van der Waals surface area contributed by atoms with E-state index in [0.717, 1.165) is 77.7 Å². The van der Waals surface area contributed by atoms with E-state index in [4.69, 9.17) is 20.2 Å². The molecule has 0 saturated carbocycles. The minimum absolute atomic E-state index is 0.957. The molecular formula is C50H38N8. The van der Waals surface area contributed by atoms with Crippen LogP contribution in [0.2, 0.25) is 0 Å². The number of hydrogen-bond acceptors (Lipinski definition) is 4. The molecule has 0 aliphatic carbocycles. The average molecular weight is 751 g/mol. The molecule has 0 spiro atoms. The van der Waals surface area contributed by atoms with Crippen LogP contribution in [0.3, 0.4) is 0 Å². The van der Waals surface area contributed by atoms with E-state index in [1.165, 1.54) is 33.4 Å². The van der Waals surface area contributed by atoms with Gasteiger partial charge in [0.15, 0.2) is 0 Å². The van der Waals surface area contributed by atoms with Gasteiger partial charge in [-0.1, -0.05) is 60.7 Å². The van der Waals surface area contributed by atoms with Crippen LogP contribution in [0.15, 0.2) is 159 Å². The normalized spacial score (nSPS) is 11.8. The smallest absolute Gasteiger partial charge is 0.100 e. The van der Waals surface area contributed by atoms with E-state index in [1.54, 1.807) is 0 Å². The number of hydrogen-bond donors (Lipinski definition) is 0. The monoisotopic (exact) mass is 750 g/mol. The van der Waals surface area contributed by atoms with Crippen molar-refractivity contribution in [2.45, 2.75) is 27.7 Å². The highest BCUT2D eigenvalue weighted by atomic mass is 15.3. The van der Waals surface area contributed by atoms with Crippen LogP contribution >= 0.6 is 0 Å². The summed E-state index contributed by atoms with van der Waals surface area (Å²) in [5, 5.41) is 12.0. The van der Waals surface area contributed by atoms with E-state index in [-0.39, 0.29) is 0 Å². The third-order valence-electron chi connectivity index (χ3n) is 11.9. The van der Waals surface area contributed by atoms with Gasteiger partial charge in [0.1, 0.15) is 12.7 Å². The molecule has 4 heterocycles. The molecule has 0 aliphatic rings. The molecule has 0 fully saturated rings. The molecule has 278 valence electrons. The van der Waals surface area contributed by atoms with Crippen molar-refractivity contribution in [3.05, 3.63) is 181 Å². The molecular weight excluding hydrogens is 713 g/mol. The molecule has 0 N–H and O–H groups in total. The first-order valence-electron chi connectivity index (χ1n) is 19.5. The second kappa shape index (κ2) is 13.0. The molecule has 11 aromatic rings. The molecule has 0 aliphatic heterocycles. The Labute approximate surface area is 334 Å². The van der Waals surface area contributed by atoms with Gasteiger partial charge in [0.25, 0.3) is 0 Å². The summed E-state index contributed by atoms with van der Waals surface area (Å²) in [4.78, 5) is 9.53. The minimum Gasteiger partial charge on any atom is -0.299 e. The van der Waals surface area contributed by atoms with Gasteiger partial charge in [-0.3, -0.25) is 9.13 Å². The van der Waals surface area contributed by atoms with Crippen molar-refractivity contribution in [2.24, 2.45) is 0 Å². The summed E-state index contributed by atoms with van der Waals surface area (Å²) in [5.74, 6) is 0. The molecule has 0 unspecified atom stereocenters. The molecule has 0 atom stereocenters. The summed E-state index contributed by atoms with van der Waals surface area (Å²) in [6, 6.07) is 46.8. The Hall–Kier alpha value is -7.58. The topological polar surface area (TPSA) is 71.3 Å². The first-order chi connectivity index (χ1) is 28.4. The Morgan fingerprint density at radius 2 is 0.741 bits per heavy atom. The Kier molecular flexibility index (Phi) is 7.56. The van der Waals surface area contributed by atoms with Crippen molar-refractivity contribution in [3.8, 4) is 45.0 Å². The third-order valence-corrected chi connectivity index (χ3v) is 11.9. The van der Waals surface area contributed by atoms with Gasteiger partial charge in [0.05, 0.1) is 56.9 Å². The lowest BCUT2D eigenvalue weighted by molar-refractivity contribution is 0.886. The summed E-state index contributed by atoms with van der Waals surface area (Å²) in [7, 11) is 0. The average Bonchev–Trinajstić information content (AvgIpc) is 4.08. The van der Waals surface area contributed by atoms with Gasteiger partial charge in [0.2, 0.25) is 0 Å². The maximum Gasteiger partial charge on any atom is 0.100 e. The van der Waals surface area contributed by atoms with Crippen molar-refractivity contribution >= 4 is 43.9 Å². The third kappa shape index (κ3) is 5.22. The Morgan fingerprint density at radius 1 is 0.379 bits per heavy atom.